The molecule has 0 aliphatic carbocycles. The monoisotopic (exact) mass is 273 g/mol. The fourth-order valence-electron chi connectivity index (χ4n) is 2.65. The number of halogens is 3. The smallest absolute Gasteiger partial charge is 0.406 e. The van der Waals surface area contributed by atoms with Gasteiger partial charge in [0.05, 0.1) is 0 Å². The first-order chi connectivity index (χ1) is 8.92. The molecule has 2 nitrogen and oxygen atoms in total. The third-order valence-electron chi connectivity index (χ3n) is 3.71. The molecule has 0 radical (unpaired) electrons. The predicted octanol–water partition coefficient (Wildman–Crippen LogP) is 3.66. The maximum Gasteiger partial charge on any atom is 0.573 e. The summed E-state index contributed by atoms with van der Waals surface area (Å²) < 4.78 is 40.0. The van der Waals surface area contributed by atoms with Gasteiger partial charge < -0.3 is 10.1 Å². The lowest BCUT2D eigenvalue weighted by molar-refractivity contribution is -0.274. The molecule has 0 bridgehead atoms. The SMILES string of the molecule is CCC1(Cc2ccc(OC(F)(F)F)cc2)CCCN1. The highest BCUT2D eigenvalue weighted by Gasteiger charge is 2.32. The Morgan fingerprint density at radius 2 is 1.95 bits per heavy atom. The van der Waals surface area contributed by atoms with E-state index in [1.54, 1.807) is 12.1 Å². The Morgan fingerprint density at radius 1 is 1.26 bits per heavy atom. The highest BCUT2D eigenvalue weighted by molar-refractivity contribution is 5.28. The second kappa shape index (κ2) is 5.41. The topological polar surface area (TPSA) is 21.3 Å². The Morgan fingerprint density at radius 3 is 2.42 bits per heavy atom. The van der Waals surface area contributed by atoms with Crippen LogP contribution in [0.5, 0.6) is 5.75 Å². The molecule has 1 saturated heterocycles. The van der Waals surface area contributed by atoms with E-state index in [2.05, 4.69) is 17.0 Å². The average Bonchev–Trinajstić information content (AvgIpc) is 2.79. The highest BCUT2D eigenvalue weighted by Crippen LogP contribution is 2.29. The van der Waals surface area contributed by atoms with Crippen molar-refractivity contribution in [2.75, 3.05) is 6.54 Å². The lowest BCUT2D eigenvalue weighted by atomic mass is 9.87. The van der Waals surface area contributed by atoms with Crippen LogP contribution in [0, 0.1) is 0 Å². The fourth-order valence-corrected chi connectivity index (χ4v) is 2.65. The van der Waals surface area contributed by atoms with Crippen molar-refractivity contribution in [2.45, 2.75) is 44.5 Å². The summed E-state index contributed by atoms with van der Waals surface area (Å²) in [6.45, 7) is 3.16. The second-order valence-electron chi connectivity index (χ2n) is 5.03. The van der Waals surface area contributed by atoms with Crippen molar-refractivity contribution in [3.63, 3.8) is 0 Å². The molecule has 106 valence electrons. The summed E-state index contributed by atoms with van der Waals surface area (Å²) >= 11 is 0. The predicted molar refractivity (Wildman–Crippen MR) is 67.1 cm³/mol. The van der Waals surface area contributed by atoms with Crippen LogP contribution in [0.25, 0.3) is 0 Å². The minimum atomic E-state index is -4.63. The molecule has 0 aromatic heterocycles. The van der Waals surface area contributed by atoms with Crippen molar-refractivity contribution in [3.05, 3.63) is 29.8 Å². The largest absolute Gasteiger partial charge is 0.573 e. The van der Waals surface area contributed by atoms with Gasteiger partial charge in [-0.3, -0.25) is 0 Å². The van der Waals surface area contributed by atoms with Gasteiger partial charge in [0.2, 0.25) is 0 Å². The highest BCUT2D eigenvalue weighted by atomic mass is 19.4. The molecular formula is C14H18F3NO. The minimum Gasteiger partial charge on any atom is -0.406 e. The van der Waals surface area contributed by atoms with Gasteiger partial charge in [-0.1, -0.05) is 19.1 Å². The molecule has 19 heavy (non-hydrogen) atoms. The van der Waals surface area contributed by atoms with Crippen LogP contribution in [0.3, 0.4) is 0 Å². The molecule has 1 atom stereocenters. The molecule has 2 rings (SSSR count). The van der Waals surface area contributed by atoms with Gasteiger partial charge >= 0.3 is 6.36 Å². The normalized spacial score (nSPS) is 23.6. The molecule has 5 heteroatoms. The number of hydrogen-bond donors (Lipinski definition) is 1. The summed E-state index contributed by atoms with van der Waals surface area (Å²) in [4.78, 5) is 0. The van der Waals surface area contributed by atoms with Gasteiger partial charge in [0.25, 0.3) is 0 Å². The summed E-state index contributed by atoms with van der Waals surface area (Å²) in [6.07, 6.45) is -0.490. The van der Waals surface area contributed by atoms with Crippen molar-refractivity contribution < 1.29 is 17.9 Å². The van der Waals surface area contributed by atoms with Crippen molar-refractivity contribution in [2.24, 2.45) is 0 Å². The Labute approximate surface area is 111 Å². The maximum absolute atomic E-state index is 12.1. The van der Waals surface area contributed by atoms with E-state index in [1.165, 1.54) is 12.1 Å². The number of benzene rings is 1. The van der Waals surface area contributed by atoms with Crippen molar-refractivity contribution in [1.29, 1.82) is 0 Å². The summed E-state index contributed by atoms with van der Waals surface area (Å²) in [7, 11) is 0. The van der Waals surface area contributed by atoms with Crippen LogP contribution in [0.15, 0.2) is 24.3 Å². The van der Waals surface area contributed by atoms with Gasteiger partial charge in [-0.2, -0.15) is 0 Å². The third-order valence-corrected chi connectivity index (χ3v) is 3.71. The van der Waals surface area contributed by atoms with Gasteiger partial charge in [-0.05, 0) is 49.9 Å². The van der Waals surface area contributed by atoms with Gasteiger partial charge in [0, 0.05) is 5.54 Å². The Hall–Kier alpha value is -1.23. The number of rotatable bonds is 4. The number of alkyl halides is 3. The van der Waals surface area contributed by atoms with Crippen LogP contribution in [-0.2, 0) is 6.42 Å². The van der Waals surface area contributed by atoms with Crippen LogP contribution in [0.2, 0.25) is 0 Å². The Kier molecular flexibility index (Phi) is 4.04. The van der Waals surface area contributed by atoms with Gasteiger partial charge in [-0.25, -0.2) is 0 Å². The third kappa shape index (κ3) is 3.86. The van der Waals surface area contributed by atoms with Gasteiger partial charge in [0.15, 0.2) is 0 Å². The Balaban J connectivity index is 2.02. The van der Waals surface area contributed by atoms with Crippen molar-refractivity contribution in [3.8, 4) is 5.75 Å². The molecule has 1 unspecified atom stereocenters. The zero-order valence-corrected chi connectivity index (χ0v) is 10.9. The van der Waals surface area contributed by atoms with E-state index in [4.69, 9.17) is 0 Å². The van der Waals surface area contributed by atoms with E-state index < -0.39 is 6.36 Å². The molecule has 0 saturated carbocycles. The molecule has 1 fully saturated rings. The van der Waals surface area contributed by atoms with Gasteiger partial charge in [-0.15, -0.1) is 13.2 Å². The maximum atomic E-state index is 12.1. The van der Waals surface area contributed by atoms with E-state index in [0.29, 0.717) is 0 Å². The van der Waals surface area contributed by atoms with E-state index in [9.17, 15) is 13.2 Å². The van der Waals surface area contributed by atoms with Crippen LogP contribution in [-0.4, -0.2) is 18.4 Å². The van der Waals surface area contributed by atoms with E-state index in [-0.39, 0.29) is 11.3 Å². The average molecular weight is 273 g/mol. The molecule has 0 amide bonds. The van der Waals surface area contributed by atoms with Crippen molar-refractivity contribution >= 4 is 0 Å². The first-order valence-corrected chi connectivity index (χ1v) is 6.52. The lowest BCUT2D eigenvalue weighted by Crippen LogP contribution is -2.41. The lowest BCUT2D eigenvalue weighted by Gasteiger charge is -2.28. The summed E-state index contributed by atoms with van der Waals surface area (Å²) in [5.74, 6) is -0.166. The first-order valence-electron chi connectivity index (χ1n) is 6.52. The summed E-state index contributed by atoms with van der Waals surface area (Å²) in [5.41, 5.74) is 1.14. The Bertz CT molecular complexity index is 408. The van der Waals surface area contributed by atoms with E-state index in [0.717, 1.165) is 37.8 Å². The molecule has 1 aliphatic heterocycles. The fraction of sp³-hybridized carbons (Fsp3) is 0.571. The van der Waals surface area contributed by atoms with E-state index >= 15 is 0 Å². The van der Waals surface area contributed by atoms with Crippen LogP contribution in [0.4, 0.5) is 13.2 Å². The molecule has 1 aliphatic rings. The number of ether oxygens (including phenoxy) is 1. The van der Waals surface area contributed by atoms with Crippen LogP contribution in [0.1, 0.15) is 31.7 Å². The first kappa shape index (κ1) is 14.2. The van der Waals surface area contributed by atoms with Gasteiger partial charge in [0.1, 0.15) is 5.75 Å². The van der Waals surface area contributed by atoms with Crippen LogP contribution < -0.4 is 10.1 Å². The molecular weight excluding hydrogens is 255 g/mol. The molecule has 1 aromatic carbocycles. The summed E-state index contributed by atoms with van der Waals surface area (Å²) in [6, 6.07) is 6.17. The second-order valence-corrected chi connectivity index (χ2v) is 5.03. The quantitative estimate of drug-likeness (QED) is 0.904. The van der Waals surface area contributed by atoms with E-state index in [1.807, 2.05) is 0 Å². The van der Waals surface area contributed by atoms with Crippen molar-refractivity contribution in [1.82, 2.24) is 5.32 Å². The standard InChI is InChI=1S/C14H18F3NO/c1-2-13(8-3-9-18-13)10-11-4-6-12(7-5-11)19-14(15,16)17/h4-7,18H,2-3,8-10H2,1H3. The zero-order valence-electron chi connectivity index (χ0n) is 10.9. The minimum absolute atomic E-state index is 0.104. The molecule has 0 spiro atoms. The molecule has 1 aromatic rings. The summed E-state index contributed by atoms with van der Waals surface area (Å²) in [5, 5.41) is 3.51. The number of hydrogen-bond acceptors (Lipinski definition) is 2. The zero-order chi connectivity index (χ0) is 13.9. The number of nitrogens with one attached hydrogen (secondary N) is 1. The molecule has 1 N–H and O–H groups in total. The molecule has 1 heterocycles. The van der Waals surface area contributed by atoms with Crippen LogP contribution >= 0.6 is 0 Å².